The van der Waals surface area contributed by atoms with Gasteiger partial charge in [0.2, 0.25) is 0 Å². The lowest BCUT2D eigenvalue weighted by molar-refractivity contribution is 0.943. The first kappa shape index (κ1) is 16.2. The van der Waals surface area contributed by atoms with E-state index in [2.05, 4.69) is 20.9 Å². The zero-order valence-corrected chi connectivity index (χ0v) is 15.2. The summed E-state index contributed by atoms with van der Waals surface area (Å²) in [4.78, 5) is 17.1. The lowest BCUT2D eigenvalue weighted by atomic mass is 10.2. The van der Waals surface area contributed by atoms with E-state index in [1.54, 1.807) is 43.5 Å². The highest BCUT2D eigenvalue weighted by molar-refractivity contribution is 9.10. The van der Waals surface area contributed by atoms with Crippen LogP contribution in [-0.2, 0) is 0 Å². The summed E-state index contributed by atoms with van der Waals surface area (Å²) in [5.41, 5.74) is 1.18. The molecule has 0 bridgehead atoms. The summed E-state index contributed by atoms with van der Waals surface area (Å²) in [7, 11) is 0. The fourth-order valence-corrected chi connectivity index (χ4v) is 3.16. The molecule has 0 atom stereocenters. The van der Waals surface area contributed by atoms with Crippen molar-refractivity contribution in [3.63, 3.8) is 0 Å². The van der Waals surface area contributed by atoms with E-state index in [0.717, 1.165) is 4.47 Å². The Bertz CT molecular complexity index is 976. The molecule has 2 aromatic carbocycles. The van der Waals surface area contributed by atoms with Crippen LogP contribution >= 0.6 is 39.1 Å². The van der Waals surface area contributed by atoms with Gasteiger partial charge in [-0.15, -0.1) is 0 Å². The van der Waals surface area contributed by atoms with Gasteiger partial charge in [0.15, 0.2) is 0 Å². The third-order valence-electron chi connectivity index (χ3n) is 3.43. The van der Waals surface area contributed by atoms with Gasteiger partial charge in [0.25, 0.3) is 5.56 Å². The highest BCUT2D eigenvalue weighted by atomic mass is 79.9. The maximum Gasteiger partial charge on any atom is 0.265 e. The number of aryl methyl sites for hydroxylation is 1. The second kappa shape index (κ2) is 6.48. The van der Waals surface area contributed by atoms with E-state index in [0.29, 0.717) is 32.3 Å². The van der Waals surface area contributed by atoms with E-state index in [-0.39, 0.29) is 5.56 Å². The lowest BCUT2D eigenvalue weighted by Crippen LogP contribution is -2.19. The first-order chi connectivity index (χ1) is 11.0. The van der Waals surface area contributed by atoms with Gasteiger partial charge in [-0.05, 0) is 43.3 Å². The molecule has 1 aromatic heterocycles. The summed E-state index contributed by atoms with van der Waals surface area (Å²) in [6.45, 7) is 1.78. The first-order valence-corrected chi connectivity index (χ1v) is 8.33. The van der Waals surface area contributed by atoms with E-state index in [1.807, 2.05) is 12.1 Å². The average molecular weight is 410 g/mol. The Morgan fingerprint density at radius 3 is 2.57 bits per heavy atom. The number of halogens is 3. The van der Waals surface area contributed by atoms with E-state index < -0.39 is 0 Å². The van der Waals surface area contributed by atoms with Crippen LogP contribution in [-0.4, -0.2) is 9.55 Å². The van der Waals surface area contributed by atoms with Crippen molar-refractivity contribution in [1.82, 2.24) is 9.55 Å². The van der Waals surface area contributed by atoms with Crippen molar-refractivity contribution >= 4 is 62.3 Å². The van der Waals surface area contributed by atoms with Crippen molar-refractivity contribution in [3.8, 4) is 0 Å². The summed E-state index contributed by atoms with van der Waals surface area (Å²) in [6.07, 6.45) is 3.35. The highest BCUT2D eigenvalue weighted by Gasteiger charge is 2.07. The largest absolute Gasteiger partial charge is 0.271 e. The predicted molar refractivity (Wildman–Crippen MR) is 100 cm³/mol. The van der Waals surface area contributed by atoms with Gasteiger partial charge in [-0.25, -0.2) is 4.98 Å². The molecule has 1 heterocycles. The molecule has 3 nitrogen and oxygen atoms in total. The molecule has 0 saturated carbocycles. The molecular weight excluding hydrogens is 399 g/mol. The number of hydrogen-bond donors (Lipinski definition) is 0. The van der Waals surface area contributed by atoms with Crippen molar-refractivity contribution in [2.75, 3.05) is 0 Å². The zero-order valence-electron chi connectivity index (χ0n) is 12.1. The maximum atomic E-state index is 12.7. The highest BCUT2D eigenvalue weighted by Crippen LogP contribution is 2.25. The molecular formula is C17H11BrCl2N2O. The van der Waals surface area contributed by atoms with Crippen molar-refractivity contribution in [3.05, 3.63) is 72.7 Å². The molecule has 116 valence electrons. The standard InChI is InChI=1S/C17H11BrCl2N2O/c1-10-21-16-6-5-11(18)9-13(16)17(23)22(10)8-7-12-14(19)3-2-4-15(12)20/h2-9H,1H3/b8-7+. The molecule has 3 aromatic rings. The van der Waals surface area contributed by atoms with E-state index in [4.69, 9.17) is 23.2 Å². The monoisotopic (exact) mass is 408 g/mol. The number of fused-ring (bicyclic) bond motifs is 1. The van der Waals surface area contributed by atoms with Crippen LogP contribution in [0, 0.1) is 6.92 Å². The predicted octanol–water partition coefficient (Wildman–Crippen LogP) is 5.40. The van der Waals surface area contributed by atoms with Gasteiger partial charge in [0.05, 0.1) is 10.9 Å². The van der Waals surface area contributed by atoms with Crippen molar-refractivity contribution in [2.45, 2.75) is 6.92 Å². The van der Waals surface area contributed by atoms with Crippen molar-refractivity contribution in [2.24, 2.45) is 0 Å². The number of benzene rings is 2. The van der Waals surface area contributed by atoms with Crippen LogP contribution in [0.5, 0.6) is 0 Å². The molecule has 0 saturated heterocycles. The van der Waals surface area contributed by atoms with Crippen LogP contribution in [0.1, 0.15) is 11.4 Å². The minimum absolute atomic E-state index is 0.145. The SMILES string of the molecule is Cc1nc2ccc(Br)cc2c(=O)n1/C=C/c1c(Cl)cccc1Cl. The molecule has 23 heavy (non-hydrogen) atoms. The molecule has 0 spiro atoms. The van der Waals surface area contributed by atoms with E-state index >= 15 is 0 Å². The Balaban J connectivity index is 2.17. The van der Waals surface area contributed by atoms with Crippen molar-refractivity contribution in [1.29, 1.82) is 0 Å². The molecule has 0 amide bonds. The average Bonchev–Trinajstić information content (AvgIpc) is 2.50. The van der Waals surface area contributed by atoms with Crippen LogP contribution in [0.3, 0.4) is 0 Å². The topological polar surface area (TPSA) is 34.9 Å². The summed E-state index contributed by atoms with van der Waals surface area (Å²) >= 11 is 15.7. The molecule has 6 heteroatoms. The molecule has 3 rings (SSSR count). The van der Waals surface area contributed by atoms with Crippen LogP contribution in [0.15, 0.2) is 45.7 Å². The van der Waals surface area contributed by atoms with Crippen LogP contribution in [0.4, 0.5) is 0 Å². The van der Waals surface area contributed by atoms with Gasteiger partial charge >= 0.3 is 0 Å². The summed E-state index contributed by atoms with van der Waals surface area (Å²) in [5, 5.41) is 1.59. The van der Waals surface area contributed by atoms with E-state index in [9.17, 15) is 4.79 Å². The minimum Gasteiger partial charge on any atom is -0.271 e. The van der Waals surface area contributed by atoms with Gasteiger partial charge in [-0.2, -0.15) is 0 Å². The maximum absolute atomic E-state index is 12.7. The quantitative estimate of drug-likeness (QED) is 0.567. The van der Waals surface area contributed by atoms with E-state index in [1.165, 1.54) is 4.57 Å². The summed E-state index contributed by atoms with van der Waals surface area (Å²) in [5.74, 6) is 0.587. The molecule has 0 radical (unpaired) electrons. The Hall–Kier alpha value is -1.62. The third-order valence-corrected chi connectivity index (χ3v) is 4.58. The number of hydrogen-bond acceptors (Lipinski definition) is 2. The third kappa shape index (κ3) is 3.20. The van der Waals surface area contributed by atoms with Gasteiger partial charge < -0.3 is 0 Å². The minimum atomic E-state index is -0.145. The van der Waals surface area contributed by atoms with Crippen LogP contribution < -0.4 is 5.56 Å². The fourth-order valence-electron chi connectivity index (χ4n) is 2.28. The molecule has 0 unspecified atom stereocenters. The molecule has 0 N–H and O–H groups in total. The Labute approximate surface area is 151 Å². The van der Waals surface area contributed by atoms with Crippen LogP contribution in [0.2, 0.25) is 10.0 Å². The van der Waals surface area contributed by atoms with Crippen molar-refractivity contribution < 1.29 is 0 Å². The van der Waals surface area contributed by atoms with Gasteiger partial charge in [0, 0.05) is 26.3 Å². The fraction of sp³-hybridized carbons (Fsp3) is 0.0588. The lowest BCUT2D eigenvalue weighted by Gasteiger charge is -2.07. The second-order valence-corrected chi connectivity index (χ2v) is 6.68. The number of rotatable bonds is 2. The second-order valence-electron chi connectivity index (χ2n) is 4.95. The summed E-state index contributed by atoms with van der Waals surface area (Å²) in [6, 6.07) is 10.7. The smallest absolute Gasteiger partial charge is 0.265 e. The van der Waals surface area contributed by atoms with Gasteiger partial charge in [-0.1, -0.05) is 45.2 Å². The van der Waals surface area contributed by atoms with Gasteiger partial charge in [0.1, 0.15) is 5.82 Å². The Morgan fingerprint density at radius 1 is 1.17 bits per heavy atom. The first-order valence-electron chi connectivity index (χ1n) is 6.78. The number of nitrogens with zero attached hydrogens (tertiary/aromatic N) is 2. The van der Waals surface area contributed by atoms with Crippen LogP contribution in [0.25, 0.3) is 23.2 Å². The van der Waals surface area contributed by atoms with Gasteiger partial charge in [-0.3, -0.25) is 9.36 Å². The Kier molecular flexibility index (Phi) is 4.57. The molecule has 0 aliphatic heterocycles. The normalized spacial score (nSPS) is 11.5. The number of aromatic nitrogens is 2. The molecule has 0 aliphatic rings. The molecule has 0 aliphatic carbocycles. The molecule has 0 fully saturated rings. The zero-order chi connectivity index (χ0) is 16.6. The summed E-state index contributed by atoms with van der Waals surface area (Å²) < 4.78 is 2.31. The Morgan fingerprint density at radius 2 is 1.87 bits per heavy atom.